The van der Waals surface area contributed by atoms with Gasteiger partial charge in [-0.1, -0.05) is 25.1 Å². The Bertz CT molecular complexity index is 599. The summed E-state index contributed by atoms with van der Waals surface area (Å²) in [5.74, 6) is -3.28. The van der Waals surface area contributed by atoms with Crippen molar-refractivity contribution < 1.29 is 18.3 Å². The molecule has 0 aliphatic heterocycles. The first kappa shape index (κ1) is 14.9. The van der Waals surface area contributed by atoms with E-state index in [1.807, 2.05) is 6.92 Å². The normalized spacial score (nSPS) is 12.4. The van der Waals surface area contributed by atoms with Crippen LogP contribution in [0.5, 0.6) is 0 Å². The summed E-state index contributed by atoms with van der Waals surface area (Å²) in [7, 11) is 0. The van der Waals surface area contributed by atoms with Crippen LogP contribution in [0.3, 0.4) is 0 Å². The van der Waals surface area contributed by atoms with Crippen LogP contribution >= 0.6 is 11.8 Å². The van der Waals surface area contributed by atoms with Crippen LogP contribution < -0.4 is 0 Å². The molecular weight excluding hydrogens is 285 g/mol. The quantitative estimate of drug-likeness (QED) is 0.671. The van der Waals surface area contributed by atoms with Crippen molar-refractivity contribution >= 4 is 11.8 Å². The Balaban J connectivity index is 2.31. The molecule has 2 aromatic carbocycles. The maximum absolute atomic E-state index is 13.6. The molecule has 1 atom stereocenters. The Morgan fingerprint density at radius 3 is 2.25 bits per heavy atom. The summed E-state index contributed by atoms with van der Waals surface area (Å²) in [6.07, 6.45) is -1.33. The number of hydrogen-bond acceptors (Lipinski definition) is 2. The molecule has 0 heterocycles. The summed E-state index contributed by atoms with van der Waals surface area (Å²) < 4.78 is 39.7. The molecule has 2 aromatic rings. The lowest BCUT2D eigenvalue weighted by molar-refractivity contribution is 0.212. The van der Waals surface area contributed by atoms with Crippen molar-refractivity contribution in [3.05, 3.63) is 65.0 Å². The van der Waals surface area contributed by atoms with Gasteiger partial charge in [0.1, 0.15) is 6.10 Å². The van der Waals surface area contributed by atoms with Crippen molar-refractivity contribution in [2.75, 3.05) is 5.75 Å². The number of rotatable bonds is 4. The fourth-order valence-corrected chi connectivity index (χ4v) is 2.51. The van der Waals surface area contributed by atoms with Crippen LogP contribution in [-0.4, -0.2) is 10.9 Å². The van der Waals surface area contributed by atoms with Gasteiger partial charge < -0.3 is 5.11 Å². The molecule has 0 fully saturated rings. The lowest BCUT2D eigenvalue weighted by Gasteiger charge is -2.13. The number of halogens is 3. The second-order valence-electron chi connectivity index (χ2n) is 4.17. The number of benzene rings is 2. The third-order valence-electron chi connectivity index (χ3n) is 2.87. The smallest absolute Gasteiger partial charge is 0.194 e. The molecule has 106 valence electrons. The van der Waals surface area contributed by atoms with E-state index in [2.05, 4.69) is 0 Å². The van der Waals surface area contributed by atoms with Crippen molar-refractivity contribution in [3.8, 4) is 0 Å². The third-order valence-corrected chi connectivity index (χ3v) is 3.76. The zero-order valence-corrected chi connectivity index (χ0v) is 11.6. The van der Waals surface area contributed by atoms with Gasteiger partial charge in [-0.15, -0.1) is 11.8 Å². The minimum Gasteiger partial charge on any atom is -0.384 e. The van der Waals surface area contributed by atoms with Crippen molar-refractivity contribution in [3.63, 3.8) is 0 Å². The lowest BCUT2D eigenvalue weighted by Crippen LogP contribution is -2.05. The fourth-order valence-electron chi connectivity index (χ4n) is 1.84. The molecule has 0 saturated carbocycles. The number of aliphatic hydroxyl groups is 1. The van der Waals surface area contributed by atoms with E-state index in [1.54, 1.807) is 36.0 Å². The molecular formula is C15H13F3OS. The van der Waals surface area contributed by atoms with E-state index in [4.69, 9.17) is 0 Å². The van der Waals surface area contributed by atoms with Crippen molar-refractivity contribution in [1.82, 2.24) is 0 Å². The molecule has 0 bridgehead atoms. The average molecular weight is 298 g/mol. The summed E-state index contributed by atoms with van der Waals surface area (Å²) in [5.41, 5.74) is 0.148. The Labute approximate surface area is 119 Å². The molecule has 1 N–H and O–H groups in total. The highest BCUT2D eigenvalue weighted by atomic mass is 32.2. The molecule has 0 radical (unpaired) electrons. The van der Waals surface area contributed by atoms with E-state index < -0.39 is 23.6 Å². The standard InChI is InChI=1S/C15H13F3OS/c1-2-20-10-5-3-9(4-6-10)15(19)11-7-8-12(16)14(18)13(11)17/h3-8,15,19H,2H2,1H3. The van der Waals surface area contributed by atoms with Crippen LogP contribution in [0.25, 0.3) is 0 Å². The second kappa shape index (κ2) is 6.33. The Kier molecular flexibility index (Phi) is 4.73. The van der Waals surface area contributed by atoms with Crippen LogP contribution in [0.15, 0.2) is 41.3 Å². The first-order chi connectivity index (χ1) is 9.54. The van der Waals surface area contributed by atoms with Crippen LogP contribution in [-0.2, 0) is 0 Å². The molecule has 0 saturated heterocycles. The van der Waals surface area contributed by atoms with Crippen LogP contribution in [0.4, 0.5) is 13.2 Å². The van der Waals surface area contributed by atoms with Gasteiger partial charge in [0.2, 0.25) is 0 Å². The van der Waals surface area contributed by atoms with Crippen molar-refractivity contribution in [2.24, 2.45) is 0 Å². The number of hydrogen-bond donors (Lipinski definition) is 1. The predicted molar refractivity (Wildman–Crippen MR) is 73.2 cm³/mol. The van der Waals surface area contributed by atoms with E-state index >= 15 is 0 Å². The van der Waals surface area contributed by atoms with Gasteiger partial charge in [-0.2, -0.15) is 0 Å². The second-order valence-corrected chi connectivity index (χ2v) is 5.51. The Morgan fingerprint density at radius 1 is 1.00 bits per heavy atom. The van der Waals surface area contributed by atoms with E-state index in [-0.39, 0.29) is 5.56 Å². The zero-order chi connectivity index (χ0) is 14.7. The summed E-state index contributed by atoms with van der Waals surface area (Å²) >= 11 is 1.63. The van der Waals surface area contributed by atoms with E-state index in [1.165, 1.54) is 0 Å². The Morgan fingerprint density at radius 2 is 1.65 bits per heavy atom. The predicted octanol–water partition coefficient (Wildman–Crippen LogP) is 4.30. The maximum atomic E-state index is 13.6. The molecule has 0 aliphatic carbocycles. The lowest BCUT2D eigenvalue weighted by atomic mass is 10.0. The van der Waals surface area contributed by atoms with Crippen LogP contribution in [0.2, 0.25) is 0 Å². The minimum absolute atomic E-state index is 0.278. The molecule has 0 amide bonds. The SMILES string of the molecule is CCSc1ccc(C(O)c2ccc(F)c(F)c2F)cc1. The van der Waals surface area contributed by atoms with Crippen molar-refractivity contribution in [2.45, 2.75) is 17.9 Å². The minimum atomic E-state index is -1.57. The summed E-state index contributed by atoms with van der Waals surface area (Å²) in [4.78, 5) is 1.02. The summed E-state index contributed by atoms with van der Waals surface area (Å²) in [6.45, 7) is 2.02. The van der Waals surface area contributed by atoms with E-state index in [9.17, 15) is 18.3 Å². The first-order valence-corrected chi connectivity index (χ1v) is 7.07. The highest BCUT2D eigenvalue weighted by Gasteiger charge is 2.20. The molecule has 0 aliphatic rings. The van der Waals surface area contributed by atoms with Gasteiger partial charge in [0.25, 0.3) is 0 Å². The zero-order valence-electron chi connectivity index (χ0n) is 10.7. The third kappa shape index (κ3) is 2.99. The van der Waals surface area contributed by atoms with E-state index in [0.717, 1.165) is 22.8 Å². The van der Waals surface area contributed by atoms with Gasteiger partial charge in [-0.05, 0) is 29.5 Å². The summed E-state index contributed by atoms with van der Waals surface area (Å²) in [6, 6.07) is 8.73. The monoisotopic (exact) mass is 298 g/mol. The maximum Gasteiger partial charge on any atom is 0.194 e. The average Bonchev–Trinajstić information content (AvgIpc) is 2.45. The van der Waals surface area contributed by atoms with Gasteiger partial charge in [-0.25, -0.2) is 13.2 Å². The first-order valence-electron chi connectivity index (χ1n) is 6.08. The highest BCUT2D eigenvalue weighted by Crippen LogP contribution is 2.28. The van der Waals surface area contributed by atoms with E-state index in [0.29, 0.717) is 5.56 Å². The molecule has 1 nitrogen and oxygen atoms in total. The number of thioether (sulfide) groups is 1. The number of aliphatic hydroxyl groups excluding tert-OH is 1. The van der Waals surface area contributed by atoms with Gasteiger partial charge >= 0.3 is 0 Å². The summed E-state index contributed by atoms with van der Waals surface area (Å²) in [5, 5.41) is 10.1. The molecule has 0 aromatic heterocycles. The highest BCUT2D eigenvalue weighted by molar-refractivity contribution is 7.99. The Hall–Kier alpha value is -1.46. The van der Waals surface area contributed by atoms with Gasteiger partial charge in [0.15, 0.2) is 17.5 Å². The largest absolute Gasteiger partial charge is 0.384 e. The topological polar surface area (TPSA) is 20.2 Å². The molecule has 0 spiro atoms. The van der Waals surface area contributed by atoms with Gasteiger partial charge in [0, 0.05) is 10.5 Å². The molecule has 2 rings (SSSR count). The van der Waals surface area contributed by atoms with Gasteiger partial charge in [-0.3, -0.25) is 0 Å². The molecule has 1 unspecified atom stereocenters. The molecule has 20 heavy (non-hydrogen) atoms. The molecule has 5 heteroatoms. The van der Waals surface area contributed by atoms with Crippen LogP contribution in [0.1, 0.15) is 24.2 Å². The fraction of sp³-hybridized carbons (Fsp3) is 0.200. The van der Waals surface area contributed by atoms with Gasteiger partial charge in [0.05, 0.1) is 0 Å². The van der Waals surface area contributed by atoms with Crippen molar-refractivity contribution in [1.29, 1.82) is 0 Å². The van der Waals surface area contributed by atoms with Crippen LogP contribution in [0, 0.1) is 17.5 Å².